The van der Waals surface area contributed by atoms with E-state index in [4.69, 9.17) is 5.11 Å². The van der Waals surface area contributed by atoms with Crippen molar-refractivity contribution in [3.05, 3.63) is 54.6 Å². The molecule has 154 valence electrons. The summed E-state index contributed by atoms with van der Waals surface area (Å²) in [5, 5.41) is 12.1. The molecule has 1 aliphatic heterocycles. The van der Waals surface area contributed by atoms with Crippen LogP contribution in [0, 0.1) is 5.92 Å². The zero-order valence-electron chi connectivity index (χ0n) is 17.0. The largest absolute Gasteiger partial charge is 0.481 e. The van der Waals surface area contributed by atoms with Gasteiger partial charge in [0.1, 0.15) is 0 Å². The van der Waals surface area contributed by atoms with Crippen LogP contribution in [0.2, 0.25) is 0 Å². The average molecular weight is 396 g/mol. The first kappa shape index (κ1) is 20.9. The van der Waals surface area contributed by atoms with Gasteiger partial charge in [-0.1, -0.05) is 48.5 Å². The second kappa shape index (κ2) is 9.56. The Morgan fingerprint density at radius 2 is 1.79 bits per heavy atom. The highest BCUT2D eigenvalue weighted by atomic mass is 16.4. The molecule has 0 radical (unpaired) electrons. The summed E-state index contributed by atoms with van der Waals surface area (Å²) in [5.41, 5.74) is 2.81. The van der Waals surface area contributed by atoms with E-state index in [2.05, 4.69) is 10.2 Å². The van der Waals surface area contributed by atoms with Gasteiger partial charge < -0.3 is 20.2 Å². The number of carboxylic acid groups (broad SMARTS) is 1. The lowest BCUT2D eigenvalue weighted by Crippen LogP contribution is -2.51. The molecule has 0 aliphatic carbocycles. The number of amides is 2. The quantitative estimate of drug-likeness (QED) is 0.775. The van der Waals surface area contributed by atoms with Crippen LogP contribution >= 0.6 is 0 Å². The standard InChI is InChI=1S/C23H29N3O3/c1-25(2)21-14-15-26(16-18(21)12-13-22(27)28)23(29)24-20-11-7-6-10-19(20)17-8-4-3-5-9-17/h3-11,18,21H,12-16H2,1-2H3,(H,24,29)(H,27,28)/t18-,21+/m1/s1. The summed E-state index contributed by atoms with van der Waals surface area (Å²) in [6.45, 7) is 1.22. The highest BCUT2D eigenvalue weighted by Gasteiger charge is 2.33. The van der Waals surface area contributed by atoms with Gasteiger partial charge in [0.15, 0.2) is 0 Å². The first-order chi connectivity index (χ1) is 14.0. The number of urea groups is 1. The van der Waals surface area contributed by atoms with E-state index in [0.717, 1.165) is 23.2 Å². The topological polar surface area (TPSA) is 72.9 Å². The van der Waals surface area contributed by atoms with E-state index >= 15 is 0 Å². The number of likely N-dealkylation sites (tertiary alicyclic amines) is 1. The number of anilines is 1. The molecule has 0 bridgehead atoms. The third kappa shape index (κ3) is 5.35. The number of benzene rings is 2. The minimum Gasteiger partial charge on any atom is -0.481 e. The minimum atomic E-state index is -0.791. The van der Waals surface area contributed by atoms with Gasteiger partial charge in [0, 0.05) is 31.1 Å². The molecule has 6 nitrogen and oxygen atoms in total. The lowest BCUT2D eigenvalue weighted by Gasteiger charge is -2.41. The van der Waals surface area contributed by atoms with Crippen LogP contribution in [-0.2, 0) is 4.79 Å². The van der Waals surface area contributed by atoms with Crippen molar-refractivity contribution in [1.29, 1.82) is 0 Å². The van der Waals surface area contributed by atoms with Gasteiger partial charge in [-0.2, -0.15) is 0 Å². The summed E-state index contributed by atoms with van der Waals surface area (Å²) in [7, 11) is 4.04. The normalized spacial score (nSPS) is 19.2. The molecular weight excluding hydrogens is 366 g/mol. The number of hydrogen-bond acceptors (Lipinski definition) is 3. The van der Waals surface area contributed by atoms with Gasteiger partial charge in [-0.25, -0.2) is 4.79 Å². The Morgan fingerprint density at radius 1 is 1.10 bits per heavy atom. The maximum atomic E-state index is 13.0. The van der Waals surface area contributed by atoms with Gasteiger partial charge in [0.25, 0.3) is 0 Å². The Bertz CT molecular complexity index is 838. The van der Waals surface area contributed by atoms with Crippen molar-refractivity contribution in [2.75, 3.05) is 32.5 Å². The van der Waals surface area contributed by atoms with Crippen molar-refractivity contribution in [3.8, 4) is 11.1 Å². The molecule has 2 amide bonds. The van der Waals surface area contributed by atoms with E-state index < -0.39 is 5.97 Å². The molecule has 1 heterocycles. The summed E-state index contributed by atoms with van der Waals surface area (Å²) >= 11 is 0. The number of hydrogen-bond donors (Lipinski definition) is 2. The van der Waals surface area contributed by atoms with Crippen molar-refractivity contribution < 1.29 is 14.7 Å². The van der Waals surface area contributed by atoms with Crippen LogP contribution in [0.3, 0.4) is 0 Å². The zero-order chi connectivity index (χ0) is 20.8. The predicted molar refractivity (Wildman–Crippen MR) is 115 cm³/mol. The fourth-order valence-corrected chi connectivity index (χ4v) is 4.13. The Kier molecular flexibility index (Phi) is 6.88. The molecule has 2 N–H and O–H groups in total. The molecule has 6 heteroatoms. The molecule has 3 rings (SSSR count). The van der Waals surface area contributed by atoms with Crippen molar-refractivity contribution in [3.63, 3.8) is 0 Å². The second-order valence-corrected chi connectivity index (χ2v) is 7.80. The number of nitrogens with one attached hydrogen (secondary N) is 1. The lowest BCUT2D eigenvalue weighted by atomic mass is 9.87. The first-order valence-corrected chi connectivity index (χ1v) is 10.0. The molecule has 1 fully saturated rings. The van der Waals surface area contributed by atoms with Crippen LogP contribution in [0.1, 0.15) is 19.3 Å². The summed E-state index contributed by atoms with van der Waals surface area (Å²) < 4.78 is 0. The molecule has 0 spiro atoms. The number of carbonyl (C=O) groups is 2. The molecule has 1 saturated heterocycles. The average Bonchev–Trinajstić information content (AvgIpc) is 2.73. The second-order valence-electron chi connectivity index (χ2n) is 7.80. The van der Waals surface area contributed by atoms with E-state index in [1.807, 2.05) is 73.6 Å². The van der Waals surface area contributed by atoms with Crippen LogP contribution in [0.15, 0.2) is 54.6 Å². The van der Waals surface area contributed by atoms with Gasteiger partial charge in [-0.3, -0.25) is 4.79 Å². The Morgan fingerprint density at radius 3 is 2.48 bits per heavy atom. The summed E-state index contributed by atoms with van der Waals surface area (Å²) in [4.78, 5) is 28.0. The Hall–Kier alpha value is -2.86. The monoisotopic (exact) mass is 395 g/mol. The van der Waals surface area contributed by atoms with Gasteiger partial charge in [-0.15, -0.1) is 0 Å². The van der Waals surface area contributed by atoms with E-state index in [1.165, 1.54) is 0 Å². The number of nitrogens with zero attached hydrogens (tertiary/aromatic N) is 2. The molecule has 2 atom stereocenters. The van der Waals surface area contributed by atoms with Crippen LogP contribution in [-0.4, -0.2) is 60.1 Å². The fourth-order valence-electron chi connectivity index (χ4n) is 4.13. The number of piperidine rings is 1. The molecular formula is C23H29N3O3. The molecule has 0 saturated carbocycles. The Balaban J connectivity index is 1.72. The molecule has 0 aromatic heterocycles. The van der Waals surface area contributed by atoms with E-state index in [9.17, 15) is 9.59 Å². The third-order valence-electron chi connectivity index (χ3n) is 5.63. The molecule has 29 heavy (non-hydrogen) atoms. The van der Waals surface area contributed by atoms with Crippen molar-refractivity contribution in [2.45, 2.75) is 25.3 Å². The van der Waals surface area contributed by atoms with Gasteiger partial charge in [-0.05, 0) is 44.5 Å². The number of para-hydroxylation sites is 1. The predicted octanol–water partition coefficient (Wildman–Crippen LogP) is 4.00. The van der Waals surface area contributed by atoms with Crippen LogP contribution in [0.4, 0.5) is 10.5 Å². The van der Waals surface area contributed by atoms with Crippen molar-refractivity contribution in [2.24, 2.45) is 5.92 Å². The molecule has 2 aromatic rings. The number of aliphatic carboxylic acids is 1. The maximum Gasteiger partial charge on any atom is 0.321 e. The number of rotatable bonds is 6. The molecule has 2 aromatic carbocycles. The maximum absolute atomic E-state index is 13.0. The van der Waals surface area contributed by atoms with Gasteiger partial charge in [0.2, 0.25) is 0 Å². The molecule has 1 aliphatic rings. The number of carboxylic acids is 1. The van der Waals surface area contributed by atoms with Crippen LogP contribution in [0.5, 0.6) is 0 Å². The van der Waals surface area contributed by atoms with E-state index in [1.54, 1.807) is 0 Å². The zero-order valence-corrected chi connectivity index (χ0v) is 17.0. The minimum absolute atomic E-state index is 0.126. The van der Waals surface area contributed by atoms with Crippen molar-refractivity contribution in [1.82, 2.24) is 9.80 Å². The summed E-state index contributed by atoms with van der Waals surface area (Å²) in [6.07, 6.45) is 1.54. The highest BCUT2D eigenvalue weighted by molar-refractivity contribution is 5.94. The molecule has 0 unspecified atom stereocenters. The Labute approximate surface area is 172 Å². The fraction of sp³-hybridized carbons (Fsp3) is 0.391. The van der Waals surface area contributed by atoms with Crippen LogP contribution in [0.25, 0.3) is 11.1 Å². The van der Waals surface area contributed by atoms with Crippen molar-refractivity contribution >= 4 is 17.7 Å². The van der Waals surface area contributed by atoms with E-state index in [0.29, 0.717) is 19.5 Å². The lowest BCUT2D eigenvalue weighted by molar-refractivity contribution is -0.137. The van der Waals surface area contributed by atoms with Gasteiger partial charge in [0.05, 0.1) is 5.69 Å². The SMILES string of the molecule is CN(C)[C@H]1CCN(C(=O)Nc2ccccc2-c2ccccc2)C[C@H]1CCC(=O)O. The smallest absolute Gasteiger partial charge is 0.321 e. The highest BCUT2D eigenvalue weighted by Crippen LogP contribution is 2.29. The summed E-state index contributed by atoms with van der Waals surface area (Å²) in [5.74, 6) is -0.647. The first-order valence-electron chi connectivity index (χ1n) is 10.0. The van der Waals surface area contributed by atoms with E-state index in [-0.39, 0.29) is 24.4 Å². The van der Waals surface area contributed by atoms with Gasteiger partial charge >= 0.3 is 12.0 Å². The number of carbonyl (C=O) groups excluding carboxylic acids is 1. The third-order valence-corrected chi connectivity index (χ3v) is 5.63. The van der Waals surface area contributed by atoms with Crippen LogP contribution < -0.4 is 5.32 Å². The summed E-state index contributed by atoms with van der Waals surface area (Å²) in [6, 6.07) is 17.9.